The number of ketones is 2. The van der Waals surface area contributed by atoms with Crippen LogP contribution < -0.4 is 0 Å². The normalized spacial score (nSPS) is 10.9. The lowest BCUT2D eigenvalue weighted by Crippen LogP contribution is -2.13. The van der Waals surface area contributed by atoms with E-state index in [0.29, 0.717) is 11.3 Å². The van der Waals surface area contributed by atoms with Crippen molar-refractivity contribution in [3.05, 3.63) is 78.4 Å². The first-order valence-electron chi connectivity index (χ1n) is 8.34. The van der Waals surface area contributed by atoms with E-state index in [2.05, 4.69) is 20.2 Å². The average Bonchev–Trinajstić information content (AvgIpc) is 3.44. The fourth-order valence-corrected chi connectivity index (χ4v) is 2.92. The van der Waals surface area contributed by atoms with Crippen molar-refractivity contribution in [2.75, 3.05) is 0 Å². The molecular weight excluding hydrogens is 344 g/mol. The highest BCUT2D eigenvalue weighted by atomic mass is 16.1. The molecule has 0 saturated carbocycles. The smallest absolute Gasteiger partial charge is 0.205 e. The highest BCUT2D eigenvalue weighted by Gasteiger charge is 2.20. The van der Waals surface area contributed by atoms with E-state index >= 15 is 0 Å². The zero-order valence-electron chi connectivity index (χ0n) is 14.5. The van der Waals surface area contributed by atoms with Crippen LogP contribution in [0.15, 0.2) is 61.4 Å². The molecule has 8 heteroatoms. The highest BCUT2D eigenvalue weighted by molar-refractivity contribution is 6.13. The van der Waals surface area contributed by atoms with Gasteiger partial charge in [-0.15, -0.1) is 0 Å². The van der Waals surface area contributed by atoms with Gasteiger partial charge in [0.05, 0.1) is 17.8 Å². The molecule has 0 spiro atoms. The minimum atomic E-state index is -0.352. The van der Waals surface area contributed by atoms with Gasteiger partial charge < -0.3 is 4.98 Å². The van der Waals surface area contributed by atoms with Crippen LogP contribution in [0.2, 0.25) is 0 Å². The standard InChI is InChI=1S/C19H16N6O2/c1-13-15(17(26)12-18(27)19-20-6-7-21-19)10-14(24-8-2-4-22-24)11-16(13)25-9-3-5-23-25/h2-11H,12H2,1H3,(H,20,21). The van der Waals surface area contributed by atoms with Crippen molar-refractivity contribution in [3.8, 4) is 11.4 Å². The third kappa shape index (κ3) is 3.20. The second-order valence-corrected chi connectivity index (χ2v) is 6.00. The number of nitrogens with one attached hydrogen (secondary N) is 1. The van der Waals surface area contributed by atoms with Crippen molar-refractivity contribution >= 4 is 11.6 Å². The van der Waals surface area contributed by atoms with Gasteiger partial charge in [-0.3, -0.25) is 9.59 Å². The summed E-state index contributed by atoms with van der Waals surface area (Å²) in [6.07, 6.45) is 9.69. The molecule has 0 bridgehead atoms. The number of Topliss-reactive ketones (excluding diaryl/α,β-unsaturated/α-hetero) is 2. The van der Waals surface area contributed by atoms with E-state index in [1.165, 1.54) is 6.20 Å². The lowest BCUT2D eigenvalue weighted by Gasteiger charge is -2.14. The van der Waals surface area contributed by atoms with Gasteiger partial charge in [-0.25, -0.2) is 14.3 Å². The van der Waals surface area contributed by atoms with Crippen molar-refractivity contribution in [2.45, 2.75) is 13.3 Å². The van der Waals surface area contributed by atoms with E-state index in [-0.39, 0.29) is 23.8 Å². The van der Waals surface area contributed by atoms with Gasteiger partial charge in [-0.05, 0) is 36.8 Å². The van der Waals surface area contributed by atoms with Crippen LogP contribution in [0, 0.1) is 6.92 Å². The molecule has 0 fully saturated rings. The lowest BCUT2D eigenvalue weighted by molar-refractivity contribution is 0.0888. The molecule has 0 unspecified atom stereocenters. The van der Waals surface area contributed by atoms with E-state index in [1.807, 2.05) is 19.1 Å². The van der Waals surface area contributed by atoms with E-state index in [1.54, 1.807) is 52.5 Å². The number of hydrogen-bond acceptors (Lipinski definition) is 5. The van der Waals surface area contributed by atoms with Crippen LogP contribution >= 0.6 is 0 Å². The molecule has 27 heavy (non-hydrogen) atoms. The molecular formula is C19H16N6O2. The van der Waals surface area contributed by atoms with Crippen molar-refractivity contribution in [3.63, 3.8) is 0 Å². The van der Waals surface area contributed by atoms with Crippen LogP contribution in [-0.4, -0.2) is 41.1 Å². The number of rotatable bonds is 6. The summed E-state index contributed by atoms with van der Waals surface area (Å²) < 4.78 is 3.35. The third-order valence-electron chi connectivity index (χ3n) is 4.27. The number of imidazole rings is 1. The van der Waals surface area contributed by atoms with Crippen LogP contribution in [0.1, 0.15) is 33.0 Å². The Bertz CT molecular complexity index is 1080. The molecule has 3 aromatic heterocycles. The summed E-state index contributed by atoms with van der Waals surface area (Å²) in [7, 11) is 0. The fourth-order valence-electron chi connectivity index (χ4n) is 2.92. The van der Waals surface area contributed by atoms with Gasteiger partial charge >= 0.3 is 0 Å². The van der Waals surface area contributed by atoms with Gasteiger partial charge in [0.2, 0.25) is 5.78 Å². The zero-order valence-corrected chi connectivity index (χ0v) is 14.5. The van der Waals surface area contributed by atoms with Crippen molar-refractivity contribution in [2.24, 2.45) is 0 Å². The second-order valence-electron chi connectivity index (χ2n) is 6.00. The molecule has 0 aliphatic carbocycles. The number of aromatic amines is 1. The summed E-state index contributed by atoms with van der Waals surface area (Å²) in [4.78, 5) is 31.8. The molecule has 0 atom stereocenters. The minimum Gasteiger partial charge on any atom is -0.342 e. The first-order chi connectivity index (χ1) is 13.1. The van der Waals surface area contributed by atoms with Crippen LogP contribution in [0.25, 0.3) is 11.4 Å². The second kappa shape index (κ2) is 6.83. The van der Waals surface area contributed by atoms with Gasteiger partial charge in [0, 0.05) is 42.7 Å². The minimum absolute atomic E-state index is 0.177. The first kappa shape index (κ1) is 16.6. The Morgan fingerprint density at radius 3 is 2.37 bits per heavy atom. The lowest BCUT2D eigenvalue weighted by atomic mass is 9.98. The Labute approximate surface area is 154 Å². The average molecular weight is 360 g/mol. The van der Waals surface area contributed by atoms with Gasteiger partial charge in [0.15, 0.2) is 11.6 Å². The maximum absolute atomic E-state index is 12.9. The number of carbonyl (C=O) groups is 2. The first-order valence-corrected chi connectivity index (χ1v) is 8.34. The van der Waals surface area contributed by atoms with Crippen molar-refractivity contribution < 1.29 is 9.59 Å². The Balaban J connectivity index is 1.77. The number of nitrogens with zero attached hydrogens (tertiary/aromatic N) is 5. The largest absolute Gasteiger partial charge is 0.342 e. The van der Waals surface area contributed by atoms with E-state index in [4.69, 9.17) is 0 Å². The van der Waals surface area contributed by atoms with Gasteiger partial charge in [0.25, 0.3) is 0 Å². The summed E-state index contributed by atoms with van der Waals surface area (Å²) in [6, 6.07) is 7.25. The molecule has 4 rings (SSSR count). The van der Waals surface area contributed by atoms with E-state index < -0.39 is 0 Å². The quantitative estimate of drug-likeness (QED) is 0.421. The Kier molecular flexibility index (Phi) is 4.21. The molecule has 134 valence electrons. The molecule has 3 heterocycles. The predicted molar refractivity (Wildman–Crippen MR) is 97.3 cm³/mol. The number of carbonyl (C=O) groups excluding carboxylic acids is 2. The number of hydrogen-bond donors (Lipinski definition) is 1. The SMILES string of the molecule is Cc1c(C(=O)CC(=O)c2ncc[nH]2)cc(-n2cccn2)cc1-n1cccn1. The Morgan fingerprint density at radius 1 is 1.00 bits per heavy atom. The maximum atomic E-state index is 12.9. The molecule has 0 aliphatic heterocycles. The predicted octanol–water partition coefficient (Wildman–Crippen LogP) is 2.55. The van der Waals surface area contributed by atoms with Crippen LogP contribution in [0.3, 0.4) is 0 Å². The highest BCUT2D eigenvalue weighted by Crippen LogP contribution is 2.24. The summed E-state index contributed by atoms with van der Waals surface area (Å²) in [5.41, 5.74) is 2.66. The molecule has 4 aromatic rings. The van der Waals surface area contributed by atoms with Gasteiger partial charge in [0.1, 0.15) is 0 Å². The number of H-pyrrole nitrogens is 1. The number of benzene rings is 1. The summed E-state index contributed by atoms with van der Waals surface area (Å²) in [5, 5.41) is 8.50. The van der Waals surface area contributed by atoms with Crippen LogP contribution in [0.5, 0.6) is 0 Å². The fraction of sp³-hybridized carbons (Fsp3) is 0.105. The van der Waals surface area contributed by atoms with Crippen molar-refractivity contribution in [1.29, 1.82) is 0 Å². The van der Waals surface area contributed by atoms with E-state index in [9.17, 15) is 9.59 Å². The maximum Gasteiger partial charge on any atom is 0.205 e. The third-order valence-corrected chi connectivity index (χ3v) is 4.27. The van der Waals surface area contributed by atoms with Crippen molar-refractivity contribution in [1.82, 2.24) is 29.5 Å². The zero-order chi connectivity index (χ0) is 18.8. The van der Waals surface area contributed by atoms with Crippen LogP contribution in [0.4, 0.5) is 0 Å². The molecule has 0 saturated heterocycles. The molecule has 0 aliphatic rings. The summed E-state index contributed by atoms with van der Waals surface area (Å²) >= 11 is 0. The molecule has 1 aromatic carbocycles. The van der Waals surface area contributed by atoms with Gasteiger partial charge in [-0.2, -0.15) is 10.2 Å². The summed E-state index contributed by atoms with van der Waals surface area (Å²) in [6.45, 7) is 1.84. The summed E-state index contributed by atoms with van der Waals surface area (Å²) in [5.74, 6) is -0.456. The molecule has 8 nitrogen and oxygen atoms in total. The molecule has 0 amide bonds. The van der Waals surface area contributed by atoms with Crippen LogP contribution in [-0.2, 0) is 0 Å². The Morgan fingerprint density at radius 2 is 1.74 bits per heavy atom. The number of aromatic nitrogens is 6. The van der Waals surface area contributed by atoms with Gasteiger partial charge in [-0.1, -0.05) is 0 Å². The molecule has 1 N–H and O–H groups in total. The Hall–Kier alpha value is -3.81. The topological polar surface area (TPSA) is 98.5 Å². The monoisotopic (exact) mass is 360 g/mol. The van der Waals surface area contributed by atoms with E-state index in [0.717, 1.165) is 11.3 Å². The molecule has 0 radical (unpaired) electrons.